The zero-order valence-corrected chi connectivity index (χ0v) is 17.1. The van der Waals surface area contributed by atoms with Crippen LogP contribution in [0.15, 0.2) is 115 Å². The van der Waals surface area contributed by atoms with Crippen molar-refractivity contribution in [2.45, 2.75) is 5.41 Å². The van der Waals surface area contributed by atoms with Crippen molar-refractivity contribution in [2.75, 3.05) is 0 Å². The second-order valence-electron chi connectivity index (χ2n) is 7.88. The van der Waals surface area contributed by atoms with E-state index in [1.165, 1.54) is 44.2 Å². The smallest absolute Gasteiger partial charge is 0.0713 e. The van der Waals surface area contributed by atoms with Gasteiger partial charge in [0, 0.05) is 5.02 Å². The van der Waals surface area contributed by atoms with Gasteiger partial charge in [0.05, 0.1) is 5.41 Å². The molecule has 0 fully saturated rings. The lowest BCUT2D eigenvalue weighted by Crippen LogP contribution is -2.28. The van der Waals surface area contributed by atoms with Crippen molar-refractivity contribution in [2.24, 2.45) is 0 Å². The minimum absolute atomic E-state index is 0.373. The predicted octanol–water partition coefficient (Wildman–Crippen LogP) is 7.86. The molecule has 0 bridgehead atoms. The van der Waals surface area contributed by atoms with Gasteiger partial charge in [0.25, 0.3) is 0 Å². The first-order valence-corrected chi connectivity index (χ1v) is 10.6. The number of hydrogen-bond acceptors (Lipinski definition) is 0. The van der Waals surface area contributed by atoms with E-state index in [0.717, 1.165) is 5.02 Å². The van der Waals surface area contributed by atoms with Crippen molar-refractivity contribution in [1.29, 1.82) is 0 Å². The number of fused-ring (bicyclic) bond motifs is 5. The minimum atomic E-state index is -0.373. The van der Waals surface area contributed by atoms with Gasteiger partial charge in [0.1, 0.15) is 0 Å². The van der Waals surface area contributed by atoms with Crippen LogP contribution in [0.4, 0.5) is 0 Å². The average molecular weight is 403 g/mol. The summed E-state index contributed by atoms with van der Waals surface area (Å²) < 4.78 is 0. The van der Waals surface area contributed by atoms with E-state index in [1.807, 2.05) is 12.1 Å². The third-order valence-electron chi connectivity index (χ3n) is 6.42. The van der Waals surface area contributed by atoms with Gasteiger partial charge in [0.2, 0.25) is 0 Å². The fourth-order valence-electron chi connectivity index (χ4n) is 5.22. The van der Waals surface area contributed by atoms with Crippen molar-refractivity contribution >= 4 is 22.4 Å². The molecule has 6 rings (SSSR count). The summed E-state index contributed by atoms with van der Waals surface area (Å²) >= 11 is 6.29. The molecule has 1 atom stereocenters. The molecular formula is C29H19Cl. The molecule has 0 N–H and O–H groups in total. The van der Waals surface area contributed by atoms with Gasteiger partial charge in [-0.25, -0.2) is 0 Å². The molecule has 1 unspecified atom stereocenters. The first-order valence-electron chi connectivity index (χ1n) is 10.2. The van der Waals surface area contributed by atoms with Crippen LogP contribution < -0.4 is 0 Å². The van der Waals surface area contributed by atoms with Gasteiger partial charge >= 0.3 is 0 Å². The summed E-state index contributed by atoms with van der Waals surface area (Å²) in [5.74, 6) is 0. The zero-order valence-electron chi connectivity index (χ0n) is 16.3. The lowest BCUT2D eigenvalue weighted by Gasteiger charge is -2.34. The number of hydrogen-bond donors (Lipinski definition) is 0. The van der Waals surface area contributed by atoms with E-state index in [9.17, 15) is 0 Å². The van der Waals surface area contributed by atoms with Crippen LogP contribution in [-0.2, 0) is 5.41 Å². The van der Waals surface area contributed by atoms with Crippen LogP contribution in [0, 0.1) is 0 Å². The van der Waals surface area contributed by atoms with E-state index in [2.05, 4.69) is 103 Å². The first kappa shape index (κ1) is 17.5. The third kappa shape index (κ3) is 2.29. The molecular weight excluding hydrogens is 384 g/mol. The summed E-state index contributed by atoms with van der Waals surface area (Å²) in [5, 5.41) is 3.33. The summed E-state index contributed by atoms with van der Waals surface area (Å²) in [7, 11) is 0. The maximum Gasteiger partial charge on any atom is 0.0713 e. The summed E-state index contributed by atoms with van der Waals surface area (Å²) in [6, 6.07) is 41.3. The van der Waals surface area contributed by atoms with Crippen molar-refractivity contribution in [3.63, 3.8) is 0 Å². The molecule has 1 aliphatic carbocycles. The normalized spacial score (nSPS) is 17.0. The molecule has 5 aromatic rings. The van der Waals surface area contributed by atoms with E-state index in [-0.39, 0.29) is 5.41 Å². The van der Waals surface area contributed by atoms with Crippen molar-refractivity contribution in [3.05, 3.63) is 143 Å². The van der Waals surface area contributed by atoms with Crippen molar-refractivity contribution < 1.29 is 0 Å². The molecule has 0 saturated heterocycles. The first-order chi connectivity index (χ1) is 14.8. The fourth-order valence-corrected chi connectivity index (χ4v) is 5.35. The van der Waals surface area contributed by atoms with Crippen LogP contribution in [0.25, 0.3) is 21.9 Å². The summed E-state index contributed by atoms with van der Waals surface area (Å²) in [6.45, 7) is 0. The largest absolute Gasteiger partial charge is 0.0843 e. The third-order valence-corrected chi connectivity index (χ3v) is 6.67. The van der Waals surface area contributed by atoms with E-state index >= 15 is 0 Å². The SMILES string of the molecule is Clc1ccc(C2(c3ccccc3)c3ccccc3-c3c2ccc2ccccc32)cc1. The van der Waals surface area contributed by atoms with Gasteiger partial charge in [0.15, 0.2) is 0 Å². The predicted molar refractivity (Wildman–Crippen MR) is 126 cm³/mol. The molecule has 0 heterocycles. The fraction of sp³-hybridized carbons (Fsp3) is 0.0345. The average Bonchev–Trinajstić information content (AvgIpc) is 3.12. The molecule has 0 radical (unpaired) electrons. The van der Waals surface area contributed by atoms with E-state index in [4.69, 9.17) is 11.6 Å². The Kier molecular flexibility index (Phi) is 3.84. The summed E-state index contributed by atoms with van der Waals surface area (Å²) in [6.07, 6.45) is 0. The second kappa shape index (κ2) is 6.58. The van der Waals surface area contributed by atoms with Gasteiger partial charge in [-0.05, 0) is 56.3 Å². The highest BCUT2D eigenvalue weighted by atomic mass is 35.5. The number of halogens is 1. The molecule has 0 amide bonds. The maximum atomic E-state index is 6.29. The molecule has 0 spiro atoms. The van der Waals surface area contributed by atoms with Gasteiger partial charge in [-0.1, -0.05) is 115 Å². The highest BCUT2D eigenvalue weighted by Crippen LogP contribution is 2.57. The highest BCUT2D eigenvalue weighted by molar-refractivity contribution is 6.30. The highest BCUT2D eigenvalue weighted by Gasteiger charge is 2.46. The van der Waals surface area contributed by atoms with E-state index in [1.54, 1.807) is 0 Å². The Morgan fingerprint density at radius 1 is 0.500 bits per heavy atom. The standard InChI is InChI=1S/C29H19Cl/c30-23-17-15-22(16-18-23)29(21-9-2-1-3-10-21)26-13-7-6-12-25(26)28-24-11-5-4-8-20(24)14-19-27(28)29/h1-19H. The molecule has 5 aromatic carbocycles. The lowest BCUT2D eigenvalue weighted by molar-refractivity contribution is 0.769. The van der Waals surface area contributed by atoms with Crippen molar-refractivity contribution in [3.8, 4) is 11.1 Å². The Bertz CT molecular complexity index is 1380. The molecule has 0 saturated carbocycles. The molecule has 0 nitrogen and oxygen atoms in total. The summed E-state index contributed by atoms with van der Waals surface area (Å²) in [5.41, 5.74) is 7.43. The Hall–Kier alpha value is -3.35. The quantitative estimate of drug-likeness (QED) is 0.276. The Labute approximate surface area is 181 Å². The van der Waals surface area contributed by atoms with Crippen LogP contribution in [0.1, 0.15) is 22.3 Å². The Balaban J connectivity index is 1.83. The number of benzene rings is 5. The zero-order chi connectivity index (χ0) is 20.1. The number of rotatable bonds is 2. The van der Waals surface area contributed by atoms with Gasteiger partial charge in [-0.2, -0.15) is 0 Å². The summed E-state index contributed by atoms with van der Waals surface area (Å²) in [4.78, 5) is 0. The maximum absolute atomic E-state index is 6.29. The van der Waals surface area contributed by atoms with Gasteiger partial charge < -0.3 is 0 Å². The molecule has 0 aliphatic heterocycles. The van der Waals surface area contributed by atoms with Gasteiger partial charge in [-0.15, -0.1) is 0 Å². The van der Waals surface area contributed by atoms with Gasteiger partial charge in [-0.3, -0.25) is 0 Å². The Morgan fingerprint density at radius 2 is 1.17 bits per heavy atom. The molecule has 0 aromatic heterocycles. The second-order valence-corrected chi connectivity index (χ2v) is 8.31. The molecule has 30 heavy (non-hydrogen) atoms. The van der Waals surface area contributed by atoms with Crippen LogP contribution in [-0.4, -0.2) is 0 Å². The molecule has 1 aliphatic rings. The van der Waals surface area contributed by atoms with E-state index < -0.39 is 0 Å². The van der Waals surface area contributed by atoms with Crippen molar-refractivity contribution in [1.82, 2.24) is 0 Å². The van der Waals surface area contributed by atoms with E-state index in [0.29, 0.717) is 0 Å². The van der Waals surface area contributed by atoms with Crippen LogP contribution in [0.3, 0.4) is 0 Å². The lowest BCUT2D eigenvalue weighted by atomic mass is 9.67. The topological polar surface area (TPSA) is 0 Å². The Morgan fingerprint density at radius 3 is 2.00 bits per heavy atom. The monoisotopic (exact) mass is 402 g/mol. The molecule has 142 valence electrons. The minimum Gasteiger partial charge on any atom is -0.0843 e. The van der Waals surface area contributed by atoms with Crippen LogP contribution in [0.2, 0.25) is 5.02 Å². The van der Waals surface area contributed by atoms with Crippen LogP contribution >= 0.6 is 11.6 Å². The van der Waals surface area contributed by atoms with Crippen LogP contribution in [0.5, 0.6) is 0 Å². The molecule has 1 heteroatoms.